The van der Waals surface area contributed by atoms with Crippen LogP contribution in [-0.2, 0) is 0 Å². The summed E-state index contributed by atoms with van der Waals surface area (Å²) in [5, 5.41) is 62.1. The molecule has 0 aliphatic rings. The molecule has 2 rings (SSSR count). The van der Waals surface area contributed by atoms with Crippen LogP contribution in [0, 0.1) is 0 Å². The summed E-state index contributed by atoms with van der Waals surface area (Å²) in [5.41, 5.74) is 0.642. The molecule has 2 aromatic heterocycles. The van der Waals surface area contributed by atoms with Crippen LogP contribution in [0.5, 0.6) is 0 Å². The van der Waals surface area contributed by atoms with Gasteiger partial charge in [-0.05, 0) is 0 Å². The molecular formula is C18H32N8O6. The average Bonchev–Trinajstić information content (AvgIpc) is 2.80. The fraction of sp³-hybridized carbons (Fsp3) is 0.667. The highest BCUT2D eigenvalue weighted by Crippen LogP contribution is 2.29. The molecule has 0 aliphatic carbocycles. The van der Waals surface area contributed by atoms with Crippen molar-refractivity contribution in [3.63, 3.8) is 0 Å². The third kappa shape index (κ3) is 6.69. The SMILES string of the molecule is OCCNc1nc(N(CCO)CCO)nc2c(NCCO)nc(N(CCO)CCO)nc12. The fourth-order valence-corrected chi connectivity index (χ4v) is 2.98. The van der Waals surface area contributed by atoms with Crippen molar-refractivity contribution in [3.05, 3.63) is 0 Å². The van der Waals surface area contributed by atoms with Gasteiger partial charge in [0.15, 0.2) is 11.6 Å². The number of anilines is 4. The second kappa shape index (κ2) is 13.7. The molecular weight excluding hydrogens is 424 g/mol. The molecule has 14 nitrogen and oxygen atoms in total. The summed E-state index contributed by atoms with van der Waals surface area (Å²) in [4.78, 5) is 21.2. The monoisotopic (exact) mass is 456 g/mol. The molecule has 0 saturated carbocycles. The van der Waals surface area contributed by atoms with Gasteiger partial charge in [-0.2, -0.15) is 9.97 Å². The second-order valence-electron chi connectivity index (χ2n) is 6.61. The lowest BCUT2D eigenvalue weighted by Gasteiger charge is -2.24. The molecule has 2 aromatic rings. The number of rotatable bonds is 16. The largest absolute Gasteiger partial charge is 0.395 e. The number of aliphatic hydroxyl groups excluding tert-OH is 6. The lowest BCUT2D eigenvalue weighted by atomic mass is 10.3. The minimum absolute atomic E-state index is 0.160. The van der Waals surface area contributed by atoms with Gasteiger partial charge in [-0.15, -0.1) is 0 Å². The quantitative estimate of drug-likeness (QED) is 0.125. The van der Waals surface area contributed by atoms with Crippen molar-refractivity contribution in [2.24, 2.45) is 0 Å². The number of aromatic nitrogens is 4. The summed E-state index contributed by atoms with van der Waals surface area (Å²) in [6, 6.07) is 0. The van der Waals surface area contributed by atoms with Crippen LogP contribution in [0.2, 0.25) is 0 Å². The van der Waals surface area contributed by atoms with Gasteiger partial charge in [-0.1, -0.05) is 0 Å². The fourth-order valence-electron chi connectivity index (χ4n) is 2.98. The minimum Gasteiger partial charge on any atom is -0.395 e. The van der Waals surface area contributed by atoms with Crippen molar-refractivity contribution in [2.75, 3.05) is 99.3 Å². The molecule has 2 heterocycles. The summed E-state index contributed by atoms with van der Waals surface area (Å²) in [6.07, 6.45) is 0. The molecule has 0 atom stereocenters. The molecule has 0 saturated heterocycles. The van der Waals surface area contributed by atoms with Crippen molar-refractivity contribution in [1.82, 2.24) is 19.9 Å². The molecule has 0 aliphatic heterocycles. The highest BCUT2D eigenvalue weighted by Gasteiger charge is 2.21. The molecule has 14 heteroatoms. The van der Waals surface area contributed by atoms with Crippen LogP contribution in [0.15, 0.2) is 0 Å². The number of nitrogens with zero attached hydrogens (tertiary/aromatic N) is 6. The summed E-state index contributed by atoms with van der Waals surface area (Å²) in [5.74, 6) is 1.02. The third-order valence-corrected chi connectivity index (χ3v) is 4.37. The first kappa shape index (κ1) is 25.6. The van der Waals surface area contributed by atoms with Crippen LogP contribution in [-0.4, -0.2) is 129 Å². The van der Waals surface area contributed by atoms with E-state index in [0.717, 1.165) is 0 Å². The van der Waals surface area contributed by atoms with Crippen LogP contribution in [0.3, 0.4) is 0 Å². The Balaban J connectivity index is 2.71. The summed E-state index contributed by atoms with van der Waals surface area (Å²) < 4.78 is 0. The normalized spacial score (nSPS) is 11.1. The molecule has 32 heavy (non-hydrogen) atoms. The van der Waals surface area contributed by atoms with E-state index in [2.05, 4.69) is 30.6 Å². The van der Waals surface area contributed by atoms with Gasteiger partial charge in [0.1, 0.15) is 11.0 Å². The molecule has 0 aromatic carbocycles. The van der Waals surface area contributed by atoms with Gasteiger partial charge in [0.2, 0.25) is 11.9 Å². The molecule has 8 N–H and O–H groups in total. The van der Waals surface area contributed by atoms with Gasteiger partial charge in [0, 0.05) is 39.3 Å². The van der Waals surface area contributed by atoms with Gasteiger partial charge < -0.3 is 51.1 Å². The number of aliphatic hydroxyl groups is 6. The highest BCUT2D eigenvalue weighted by atomic mass is 16.3. The van der Waals surface area contributed by atoms with Gasteiger partial charge in [0.25, 0.3) is 0 Å². The maximum Gasteiger partial charge on any atom is 0.228 e. The van der Waals surface area contributed by atoms with E-state index in [9.17, 15) is 30.6 Å². The molecule has 0 fully saturated rings. The van der Waals surface area contributed by atoms with E-state index in [1.54, 1.807) is 9.80 Å². The molecule has 0 amide bonds. The molecule has 0 unspecified atom stereocenters. The topological polar surface area (TPSA) is 203 Å². The van der Waals surface area contributed by atoms with Gasteiger partial charge in [-0.3, -0.25) is 0 Å². The molecule has 0 bridgehead atoms. The van der Waals surface area contributed by atoms with Crippen molar-refractivity contribution >= 4 is 34.6 Å². The Morgan fingerprint density at radius 2 is 0.844 bits per heavy atom. The minimum atomic E-state index is -0.177. The van der Waals surface area contributed by atoms with Gasteiger partial charge in [-0.25, -0.2) is 9.97 Å². The van der Waals surface area contributed by atoms with Gasteiger partial charge in [0.05, 0.1) is 39.6 Å². The Morgan fingerprint density at radius 3 is 1.12 bits per heavy atom. The standard InChI is InChI=1S/C18H32N8O6/c27-7-1-19-15-13-14(22-17(23-15)25(3-9-29)4-10-30)16(20-2-8-28)24-18(21-13)26(5-11-31)6-12-32/h27-32H,1-12H2,(H,19,22,23)(H,20,21,24). The smallest absolute Gasteiger partial charge is 0.228 e. The number of fused-ring (bicyclic) bond motifs is 1. The van der Waals surface area contributed by atoms with Crippen molar-refractivity contribution in [2.45, 2.75) is 0 Å². The maximum absolute atomic E-state index is 9.38. The van der Waals surface area contributed by atoms with E-state index in [-0.39, 0.29) is 90.8 Å². The molecule has 0 spiro atoms. The highest BCUT2D eigenvalue weighted by molar-refractivity contribution is 5.94. The first-order valence-electron chi connectivity index (χ1n) is 10.4. The van der Waals surface area contributed by atoms with E-state index < -0.39 is 0 Å². The van der Waals surface area contributed by atoms with E-state index in [0.29, 0.717) is 22.7 Å². The van der Waals surface area contributed by atoms with E-state index in [1.165, 1.54) is 0 Å². The number of hydrogen-bond donors (Lipinski definition) is 8. The summed E-state index contributed by atoms with van der Waals surface area (Å²) >= 11 is 0. The van der Waals surface area contributed by atoms with Crippen LogP contribution in [0.1, 0.15) is 0 Å². The zero-order valence-corrected chi connectivity index (χ0v) is 17.9. The first-order chi connectivity index (χ1) is 15.6. The third-order valence-electron chi connectivity index (χ3n) is 4.37. The first-order valence-corrected chi connectivity index (χ1v) is 10.4. The average molecular weight is 457 g/mol. The lowest BCUT2D eigenvalue weighted by Crippen LogP contribution is -2.32. The predicted octanol–water partition coefficient (Wildman–Crippen LogP) is -3.19. The Kier molecular flexibility index (Phi) is 11.0. The molecule has 0 radical (unpaired) electrons. The predicted molar refractivity (Wildman–Crippen MR) is 119 cm³/mol. The van der Waals surface area contributed by atoms with Crippen molar-refractivity contribution < 1.29 is 30.6 Å². The van der Waals surface area contributed by atoms with Gasteiger partial charge >= 0.3 is 0 Å². The Morgan fingerprint density at radius 1 is 0.500 bits per heavy atom. The Labute approximate surface area is 185 Å². The van der Waals surface area contributed by atoms with Crippen molar-refractivity contribution in [1.29, 1.82) is 0 Å². The second-order valence-corrected chi connectivity index (χ2v) is 6.61. The lowest BCUT2D eigenvalue weighted by molar-refractivity contribution is 0.279. The van der Waals surface area contributed by atoms with Crippen LogP contribution in [0.4, 0.5) is 23.5 Å². The van der Waals surface area contributed by atoms with E-state index in [4.69, 9.17) is 0 Å². The Hall–Kier alpha value is -2.62. The summed E-state index contributed by atoms with van der Waals surface area (Å²) in [7, 11) is 0. The number of hydrogen-bond acceptors (Lipinski definition) is 14. The van der Waals surface area contributed by atoms with Crippen LogP contribution >= 0.6 is 0 Å². The van der Waals surface area contributed by atoms with E-state index in [1.807, 2.05) is 0 Å². The zero-order valence-electron chi connectivity index (χ0n) is 17.9. The van der Waals surface area contributed by atoms with Crippen LogP contribution < -0.4 is 20.4 Å². The summed E-state index contributed by atoms with van der Waals surface area (Å²) in [6.45, 7) is 0.0741. The maximum atomic E-state index is 9.38. The van der Waals surface area contributed by atoms with E-state index >= 15 is 0 Å². The van der Waals surface area contributed by atoms with Crippen LogP contribution in [0.25, 0.3) is 11.0 Å². The molecule has 180 valence electrons. The Bertz CT molecular complexity index is 750. The zero-order chi connectivity index (χ0) is 23.3. The number of nitrogens with one attached hydrogen (secondary N) is 2. The van der Waals surface area contributed by atoms with Crippen molar-refractivity contribution in [3.8, 4) is 0 Å².